The molecule has 0 atom stereocenters. The van der Waals surface area contributed by atoms with Gasteiger partial charge in [-0.25, -0.2) is 4.52 Å². The minimum Gasteiger partial charge on any atom is -0.497 e. The van der Waals surface area contributed by atoms with Crippen molar-refractivity contribution in [3.63, 3.8) is 0 Å². The molecule has 4 rings (SSSR count). The lowest BCUT2D eigenvalue weighted by Crippen LogP contribution is -2.13. The van der Waals surface area contributed by atoms with E-state index in [2.05, 4.69) is 29.2 Å². The van der Waals surface area contributed by atoms with E-state index in [1.54, 1.807) is 29.8 Å². The second-order valence-corrected chi connectivity index (χ2v) is 8.01. The molecule has 2 heterocycles. The first-order chi connectivity index (χ1) is 14.5. The number of amides is 1. The molecule has 0 aliphatic heterocycles. The number of benzene rings is 2. The maximum atomic E-state index is 12.7. The molecule has 0 saturated carbocycles. The van der Waals surface area contributed by atoms with E-state index in [1.165, 1.54) is 11.3 Å². The molecule has 0 aliphatic rings. The van der Waals surface area contributed by atoms with Crippen LogP contribution in [0.25, 0.3) is 16.2 Å². The molecule has 0 spiro atoms. The van der Waals surface area contributed by atoms with Crippen LogP contribution >= 0.6 is 11.3 Å². The Labute approximate surface area is 178 Å². The highest BCUT2D eigenvalue weighted by Crippen LogP contribution is 2.28. The van der Waals surface area contributed by atoms with Gasteiger partial charge in [-0.1, -0.05) is 32.0 Å². The second-order valence-electron chi connectivity index (χ2n) is 7.17. The average molecular weight is 423 g/mol. The molecule has 2 aromatic heterocycles. The summed E-state index contributed by atoms with van der Waals surface area (Å²) in [5, 5.41) is 9.21. The number of ether oxygens (including phenoxy) is 2. The molecule has 0 aliphatic carbocycles. The number of carbonyl (C=O) groups excluding carboxylic acids is 1. The van der Waals surface area contributed by atoms with Gasteiger partial charge in [0.25, 0.3) is 11.9 Å². The SMILES string of the molecule is COc1cccc(-c2csc3nc(NC(=O)c4cccc(OCC(C)C)c4)nn23)c1. The number of aromatic nitrogens is 3. The van der Waals surface area contributed by atoms with Crippen molar-refractivity contribution in [1.82, 2.24) is 14.6 Å². The van der Waals surface area contributed by atoms with Gasteiger partial charge in [-0.05, 0) is 36.2 Å². The second kappa shape index (κ2) is 8.54. The van der Waals surface area contributed by atoms with Gasteiger partial charge >= 0.3 is 0 Å². The van der Waals surface area contributed by atoms with Crippen LogP contribution in [0.1, 0.15) is 24.2 Å². The molecule has 4 aromatic rings. The fourth-order valence-corrected chi connectivity index (χ4v) is 3.71. The van der Waals surface area contributed by atoms with Gasteiger partial charge in [0.15, 0.2) is 0 Å². The van der Waals surface area contributed by atoms with Crippen molar-refractivity contribution in [2.45, 2.75) is 13.8 Å². The molecule has 0 fully saturated rings. The van der Waals surface area contributed by atoms with E-state index in [1.807, 2.05) is 35.7 Å². The van der Waals surface area contributed by atoms with Gasteiger partial charge in [-0.3, -0.25) is 10.1 Å². The van der Waals surface area contributed by atoms with E-state index in [-0.39, 0.29) is 11.9 Å². The van der Waals surface area contributed by atoms with E-state index in [4.69, 9.17) is 9.47 Å². The molecule has 1 amide bonds. The number of rotatable bonds is 7. The molecule has 30 heavy (non-hydrogen) atoms. The van der Waals surface area contributed by atoms with Gasteiger partial charge < -0.3 is 9.47 Å². The van der Waals surface area contributed by atoms with Crippen LogP contribution in [0.2, 0.25) is 0 Å². The molecule has 2 aromatic carbocycles. The van der Waals surface area contributed by atoms with Crippen LogP contribution in [0, 0.1) is 5.92 Å². The summed E-state index contributed by atoms with van der Waals surface area (Å²) in [6, 6.07) is 14.8. The molecule has 0 saturated heterocycles. The molecule has 0 bridgehead atoms. The van der Waals surface area contributed by atoms with Crippen molar-refractivity contribution < 1.29 is 14.3 Å². The number of fused-ring (bicyclic) bond motifs is 1. The Hall–Kier alpha value is -3.39. The molecule has 1 N–H and O–H groups in total. The lowest BCUT2D eigenvalue weighted by Gasteiger charge is -2.09. The van der Waals surface area contributed by atoms with Crippen molar-refractivity contribution >= 4 is 28.2 Å². The lowest BCUT2D eigenvalue weighted by molar-refractivity contribution is 0.102. The Balaban J connectivity index is 1.54. The standard InChI is InChI=1S/C22H22N4O3S/c1-14(2)12-29-18-9-5-7-16(11-18)20(27)23-21-24-22-26(25-21)19(13-30-22)15-6-4-8-17(10-15)28-3/h4-11,13-14H,12H2,1-3H3,(H,23,25,27). The Morgan fingerprint density at radius 3 is 2.77 bits per heavy atom. The highest BCUT2D eigenvalue weighted by Gasteiger charge is 2.15. The summed E-state index contributed by atoms with van der Waals surface area (Å²) in [6.07, 6.45) is 0. The largest absolute Gasteiger partial charge is 0.497 e. The topological polar surface area (TPSA) is 77.8 Å². The highest BCUT2D eigenvalue weighted by molar-refractivity contribution is 7.15. The Morgan fingerprint density at radius 1 is 1.17 bits per heavy atom. The van der Waals surface area contributed by atoms with Gasteiger partial charge in [0, 0.05) is 16.5 Å². The number of anilines is 1. The molecular formula is C22H22N4O3S. The van der Waals surface area contributed by atoms with Crippen molar-refractivity contribution in [3.8, 4) is 22.8 Å². The smallest absolute Gasteiger partial charge is 0.258 e. The fourth-order valence-electron chi connectivity index (χ4n) is 2.88. The van der Waals surface area contributed by atoms with Crippen molar-refractivity contribution in [3.05, 3.63) is 59.5 Å². The van der Waals surface area contributed by atoms with Gasteiger partial charge in [0.05, 0.1) is 19.4 Å². The van der Waals surface area contributed by atoms with Crippen LogP contribution in [0.15, 0.2) is 53.9 Å². The minimum atomic E-state index is -0.286. The summed E-state index contributed by atoms with van der Waals surface area (Å²) in [5.74, 6) is 1.80. The number of hydrogen-bond donors (Lipinski definition) is 1. The monoisotopic (exact) mass is 422 g/mol. The Kier molecular flexibility index (Phi) is 5.67. The van der Waals surface area contributed by atoms with E-state index in [9.17, 15) is 4.79 Å². The number of nitrogens with zero attached hydrogens (tertiary/aromatic N) is 3. The molecule has 8 heteroatoms. The lowest BCUT2D eigenvalue weighted by atomic mass is 10.2. The third-order valence-corrected chi connectivity index (χ3v) is 5.17. The van der Waals surface area contributed by atoms with Gasteiger partial charge in [0.1, 0.15) is 11.5 Å². The predicted molar refractivity (Wildman–Crippen MR) is 118 cm³/mol. The van der Waals surface area contributed by atoms with Crippen LogP contribution in [0.5, 0.6) is 11.5 Å². The van der Waals surface area contributed by atoms with Crippen molar-refractivity contribution in [1.29, 1.82) is 0 Å². The van der Waals surface area contributed by atoms with E-state index >= 15 is 0 Å². The number of carbonyl (C=O) groups is 1. The Bertz CT molecular complexity index is 1180. The molecule has 154 valence electrons. The zero-order valence-corrected chi connectivity index (χ0v) is 17.8. The van der Waals surface area contributed by atoms with Crippen LogP contribution in [-0.2, 0) is 0 Å². The predicted octanol–water partition coefficient (Wildman–Crippen LogP) is 4.75. The van der Waals surface area contributed by atoms with Crippen LogP contribution < -0.4 is 14.8 Å². The summed E-state index contributed by atoms with van der Waals surface area (Å²) >= 11 is 1.45. The summed E-state index contributed by atoms with van der Waals surface area (Å²) < 4.78 is 12.7. The van der Waals surface area contributed by atoms with Crippen LogP contribution in [0.3, 0.4) is 0 Å². The summed E-state index contributed by atoms with van der Waals surface area (Å²) in [5.41, 5.74) is 2.33. The average Bonchev–Trinajstić information content (AvgIpc) is 3.32. The van der Waals surface area contributed by atoms with E-state index in [0.29, 0.717) is 28.8 Å². The van der Waals surface area contributed by atoms with E-state index in [0.717, 1.165) is 17.0 Å². The highest BCUT2D eigenvalue weighted by atomic mass is 32.1. The van der Waals surface area contributed by atoms with E-state index < -0.39 is 0 Å². The molecular weight excluding hydrogens is 400 g/mol. The summed E-state index contributed by atoms with van der Waals surface area (Å²) in [7, 11) is 1.63. The van der Waals surface area contributed by atoms with Gasteiger partial charge in [-0.2, -0.15) is 4.98 Å². The minimum absolute atomic E-state index is 0.254. The third kappa shape index (κ3) is 4.28. The maximum Gasteiger partial charge on any atom is 0.258 e. The first-order valence-corrected chi connectivity index (χ1v) is 10.4. The molecule has 7 nitrogen and oxygen atoms in total. The normalized spacial score (nSPS) is 11.1. The van der Waals surface area contributed by atoms with Crippen LogP contribution in [0.4, 0.5) is 5.95 Å². The van der Waals surface area contributed by atoms with Gasteiger partial charge in [-0.15, -0.1) is 16.4 Å². The Morgan fingerprint density at radius 2 is 1.97 bits per heavy atom. The number of thiazole rings is 1. The number of nitrogens with one attached hydrogen (secondary N) is 1. The zero-order chi connectivity index (χ0) is 21.1. The molecule has 0 unspecified atom stereocenters. The maximum absolute atomic E-state index is 12.7. The van der Waals surface area contributed by atoms with Crippen molar-refractivity contribution in [2.75, 3.05) is 19.0 Å². The third-order valence-electron chi connectivity index (χ3n) is 4.35. The van der Waals surface area contributed by atoms with Gasteiger partial charge in [0.2, 0.25) is 4.96 Å². The summed E-state index contributed by atoms with van der Waals surface area (Å²) in [6.45, 7) is 4.75. The quantitative estimate of drug-likeness (QED) is 0.465. The zero-order valence-electron chi connectivity index (χ0n) is 17.0. The number of hydrogen-bond acceptors (Lipinski definition) is 6. The van der Waals surface area contributed by atoms with Crippen LogP contribution in [-0.4, -0.2) is 34.2 Å². The van der Waals surface area contributed by atoms with Crippen molar-refractivity contribution in [2.24, 2.45) is 5.92 Å². The fraction of sp³-hybridized carbons (Fsp3) is 0.227. The first-order valence-electron chi connectivity index (χ1n) is 9.56. The summed E-state index contributed by atoms with van der Waals surface area (Å²) in [4.78, 5) is 17.8. The first kappa shape index (κ1) is 19.9. The number of methoxy groups -OCH3 is 1. The molecule has 0 radical (unpaired) electrons.